The number of nitrogens with zero attached hydrogens (tertiary/aromatic N) is 1. The molecular formula is C12H17N3O3. The van der Waals surface area contributed by atoms with Crippen molar-refractivity contribution in [3.8, 4) is 0 Å². The van der Waals surface area contributed by atoms with Gasteiger partial charge in [0.25, 0.3) is 5.69 Å². The molecule has 0 aliphatic heterocycles. The molecule has 6 heteroatoms. The summed E-state index contributed by atoms with van der Waals surface area (Å²) in [5.74, 6) is -0.285. The zero-order valence-corrected chi connectivity index (χ0v) is 10.1. The van der Waals surface area contributed by atoms with Gasteiger partial charge >= 0.3 is 0 Å². The molecule has 1 aromatic carbocycles. The minimum Gasteiger partial charge on any atom is -0.370 e. The fraction of sp³-hybridized carbons (Fsp3) is 0.417. The van der Waals surface area contributed by atoms with E-state index in [1.807, 2.05) is 0 Å². The van der Waals surface area contributed by atoms with E-state index in [4.69, 9.17) is 5.73 Å². The number of amides is 1. The highest BCUT2D eigenvalue weighted by molar-refractivity contribution is 5.73. The molecule has 0 atom stereocenters. The molecule has 3 N–H and O–H groups in total. The van der Waals surface area contributed by atoms with Crippen LogP contribution in [0.25, 0.3) is 0 Å². The van der Waals surface area contributed by atoms with Crippen molar-refractivity contribution in [2.45, 2.75) is 19.3 Å². The average Bonchev–Trinajstić information content (AvgIpc) is 2.34. The lowest BCUT2D eigenvalue weighted by molar-refractivity contribution is -0.384. The van der Waals surface area contributed by atoms with E-state index in [2.05, 4.69) is 5.32 Å². The van der Waals surface area contributed by atoms with Crippen LogP contribution >= 0.6 is 0 Å². The van der Waals surface area contributed by atoms with Gasteiger partial charge in [-0.05, 0) is 31.5 Å². The molecule has 0 aliphatic carbocycles. The predicted molar refractivity (Wildman–Crippen MR) is 68.1 cm³/mol. The summed E-state index contributed by atoms with van der Waals surface area (Å²) in [7, 11) is 0. The molecule has 0 heterocycles. The first kappa shape index (κ1) is 14.1. The maximum Gasteiger partial charge on any atom is 0.269 e. The summed E-state index contributed by atoms with van der Waals surface area (Å²) in [6.45, 7) is 1.52. The summed E-state index contributed by atoms with van der Waals surface area (Å²) < 4.78 is 0. The maximum atomic E-state index is 10.5. The number of nitrogens with two attached hydrogens (primary N) is 1. The Bertz CT molecular complexity index is 404. The van der Waals surface area contributed by atoms with Gasteiger partial charge in [-0.15, -0.1) is 0 Å². The lowest BCUT2D eigenvalue weighted by Gasteiger charge is -2.04. The van der Waals surface area contributed by atoms with Crippen LogP contribution in [-0.2, 0) is 11.2 Å². The van der Waals surface area contributed by atoms with Crippen molar-refractivity contribution in [3.63, 3.8) is 0 Å². The van der Waals surface area contributed by atoms with Crippen LogP contribution in [0.2, 0.25) is 0 Å². The van der Waals surface area contributed by atoms with E-state index in [0.717, 1.165) is 31.5 Å². The second kappa shape index (κ2) is 7.39. The zero-order chi connectivity index (χ0) is 13.4. The number of nitrogens with one attached hydrogen (secondary N) is 1. The summed E-state index contributed by atoms with van der Waals surface area (Å²) in [6, 6.07) is 6.51. The molecule has 6 nitrogen and oxygen atoms in total. The monoisotopic (exact) mass is 251 g/mol. The number of nitro benzene ring substituents is 1. The quantitative estimate of drug-likeness (QED) is 0.409. The number of carbonyl (C=O) groups excluding carboxylic acids is 1. The summed E-state index contributed by atoms with van der Waals surface area (Å²) in [5, 5.41) is 13.6. The molecule has 18 heavy (non-hydrogen) atoms. The second-order valence-electron chi connectivity index (χ2n) is 3.99. The summed E-state index contributed by atoms with van der Waals surface area (Å²) in [6.07, 6.45) is 1.93. The van der Waals surface area contributed by atoms with Gasteiger partial charge in [0, 0.05) is 18.6 Å². The summed E-state index contributed by atoms with van der Waals surface area (Å²) in [4.78, 5) is 20.5. The molecule has 1 aromatic rings. The third kappa shape index (κ3) is 5.40. The van der Waals surface area contributed by atoms with Crippen molar-refractivity contribution in [1.82, 2.24) is 5.32 Å². The maximum absolute atomic E-state index is 10.5. The summed E-state index contributed by atoms with van der Waals surface area (Å²) >= 11 is 0. The van der Waals surface area contributed by atoms with Crippen LogP contribution in [0, 0.1) is 10.1 Å². The Balaban J connectivity index is 2.19. The minimum atomic E-state index is -0.411. The van der Waals surface area contributed by atoms with Gasteiger partial charge < -0.3 is 11.1 Å². The molecule has 0 radical (unpaired) electrons. The van der Waals surface area contributed by atoms with Gasteiger partial charge in [0.1, 0.15) is 0 Å². The Morgan fingerprint density at radius 3 is 2.50 bits per heavy atom. The number of hydrogen-bond donors (Lipinski definition) is 2. The topological polar surface area (TPSA) is 98.3 Å². The number of hydrogen-bond acceptors (Lipinski definition) is 4. The molecule has 0 unspecified atom stereocenters. The molecule has 0 aromatic heterocycles. The van der Waals surface area contributed by atoms with Gasteiger partial charge in [-0.2, -0.15) is 0 Å². The van der Waals surface area contributed by atoms with Crippen LogP contribution in [0.1, 0.15) is 18.4 Å². The van der Waals surface area contributed by atoms with Gasteiger partial charge in [-0.3, -0.25) is 14.9 Å². The van der Waals surface area contributed by atoms with Crippen molar-refractivity contribution in [2.24, 2.45) is 5.73 Å². The van der Waals surface area contributed by atoms with Gasteiger partial charge in [0.2, 0.25) is 5.91 Å². The van der Waals surface area contributed by atoms with E-state index in [1.54, 1.807) is 12.1 Å². The average molecular weight is 251 g/mol. The molecule has 0 aliphatic rings. The van der Waals surface area contributed by atoms with Crippen LogP contribution in [-0.4, -0.2) is 23.9 Å². The molecule has 0 spiro atoms. The van der Waals surface area contributed by atoms with Crippen molar-refractivity contribution in [2.75, 3.05) is 13.1 Å². The fourth-order valence-corrected chi connectivity index (χ4v) is 1.53. The van der Waals surface area contributed by atoms with Gasteiger partial charge in [-0.1, -0.05) is 12.1 Å². The molecule has 98 valence electrons. The molecule has 0 fully saturated rings. The van der Waals surface area contributed by atoms with Crippen LogP contribution in [0.3, 0.4) is 0 Å². The van der Waals surface area contributed by atoms with Gasteiger partial charge in [0.15, 0.2) is 0 Å². The largest absolute Gasteiger partial charge is 0.370 e. The van der Waals surface area contributed by atoms with Gasteiger partial charge in [-0.25, -0.2) is 0 Å². The Labute approximate surface area is 105 Å². The highest BCUT2D eigenvalue weighted by atomic mass is 16.6. The zero-order valence-electron chi connectivity index (χ0n) is 10.1. The molecule has 1 rings (SSSR count). The fourth-order valence-electron chi connectivity index (χ4n) is 1.53. The minimum absolute atomic E-state index is 0.105. The number of benzene rings is 1. The SMILES string of the molecule is NC(=O)CCCNCCc1ccc([N+](=O)[O-])cc1. The molecule has 0 bridgehead atoms. The van der Waals surface area contributed by atoms with Gasteiger partial charge in [0.05, 0.1) is 4.92 Å². The number of nitro groups is 1. The van der Waals surface area contributed by atoms with E-state index in [9.17, 15) is 14.9 Å². The van der Waals surface area contributed by atoms with E-state index in [1.165, 1.54) is 12.1 Å². The number of carbonyl (C=O) groups is 1. The van der Waals surface area contributed by atoms with Crippen LogP contribution in [0.4, 0.5) is 5.69 Å². The number of rotatable bonds is 8. The molecule has 1 amide bonds. The Morgan fingerprint density at radius 1 is 1.28 bits per heavy atom. The first-order chi connectivity index (χ1) is 8.59. The lowest BCUT2D eigenvalue weighted by Crippen LogP contribution is -2.20. The molecular weight excluding hydrogens is 234 g/mol. The normalized spacial score (nSPS) is 10.2. The van der Waals surface area contributed by atoms with E-state index in [-0.39, 0.29) is 11.6 Å². The van der Waals surface area contributed by atoms with E-state index < -0.39 is 4.92 Å². The number of non-ortho nitro benzene ring substituents is 1. The van der Waals surface area contributed by atoms with Crippen molar-refractivity contribution >= 4 is 11.6 Å². The highest BCUT2D eigenvalue weighted by Gasteiger charge is 2.03. The second-order valence-corrected chi connectivity index (χ2v) is 3.99. The lowest BCUT2D eigenvalue weighted by atomic mass is 10.1. The first-order valence-electron chi connectivity index (χ1n) is 5.82. The predicted octanol–water partition coefficient (Wildman–Crippen LogP) is 0.992. The Hall–Kier alpha value is -1.95. The Kier molecular flexibility index (Phi) is 5.79. The molecule has 0 saturated heterocycles. The first-order valence-corrected chi connectivity index (χ1v) is 5.82. The Morgan fingerprint density at radius 2 is 1.94 bits per heavy atom. The summed E-state index contributed by atoms with van der Waals surface area (Å²) in [5.41, 5.74) is 6.16. The van der Waals surface area contributed by atoms with Crippen LogP contribution < -0.4 is 11.1 Å². The van der Waals surface area contributed by atoms with Crippen molar-refractivity contribution < 1.29 is 9.72 Å². The van der Waals surface area contributed by atoms with Crippen LogP contribution in [0.15, 0.2) is 24.3 Å². The van der Waals surface area contributed by atoms with Crippen LogP contribution in [0.5, 0.6) is 0 Å². The van der Waals surface area contributed by atoms with E-state index >= 15 is 0 Å². The molecule has 0 saturated carbocycles. The number of primary amides is 1. The standard InChI is InChI=1S/C12H17N3O3/c13-12(16)2-1-8-14-9-7-10-3-5-11(6-4-10)15(17)18/h3-6,14H,1-2,7-9H2,(H2,13,16). The van der Waals surface area contributed by atoms with E-state index in [0.29, 0.717) is 6.42 Å². The third-order valence-electron chi connectivity index (χ3n) is 2.51. The smallest absolute Gasteiger partial charge is 0.269 e. The third-order valence-corrected chi connectivity index (χ3v) is 2.51. The van der Waals surface area contributed by atoms with Crippen molar-refractivity contribution in [1.29, 1.82) is 0 Å². The highest BCUT2D eigenvalue weighted by Crippen LogP contribution is 2.11. The van der Waals surface area contributed by atoms with Crippen molar-refractivity contribution in [3.05, 3.63) is 39.9 Å².